The van der Waals surface area contributed by atoms with E-state index in [0.29, 0.717) is 12.1 Å². The summed E-state index contributed by atoms with van der Waals surface area (Å²) in [4.78, 5) is 22.3. The first-order chi connectivity index (χ1) is 8.52. The number of amides is 1. The summed E-state index contributed by atoms with van der Waals surface area (Å²) in [6.07, 6.45) is 4.58. The number of carbonyl (C=O) groups excluding carboxylic acids is 2. The molecule has 0 saturated heterocycles. The van der Waals surface area contributed by atoms with Crippen molar-refractivity contribution in [2.45, 2.75) is 26.5 Å². The van der Waals surface area contributed by atoms with E-state index in [2.05, 4.69) is 11.2 Å². The van der Waals surface area contributed by atoms with E-state index in [1.54, 1.807) is 31.2 Å². The second kappa shape index (κ2) is 6.45. The van der Waals surface area contributed by atoms with Gasteiger partial charge in [-0.25, -0.2) is 4.79 Å². The number of nitrogens with one attached hydrogen (secondary N) is 1. The van der Waals surface area contributed by atoms with Gasteiger partial charge in [0.1, 0.15) is 0 Å². The first-order valence-corrected chi connectivity index (χ1v) is 5.53. The summed E-state index contributed by atoms with van der Waals surface area (Å²) < 4.78 is 4.98. The van der Waals surface area contributed by atoms with Crippen LogP contribution in [-0.2, 0) is 16.1 Å². The van der Waals surface area contributed by atoms with E-state index < -0.39 is 12.1 Å². The van der Waals surface area contributed by atoms with Gasteiger partial charge in [-0.05, 0) is 24.6 Å². The molecule has 18 heavy (non-hydrogen) atoms. The van der Waals surface area contributed by atoms with Crippen LogP contribution in [0.4, 0.5) is 0 Å². The van der Waals surface area contributed by atoms with E-state index in [4.69, 9.17) is 11.2 Å². The fourth-order valence-corrected chi connectivity index (χ4v) is 1.25. The molecule has 0 saturated carbocycles. The predicted molar refractivity (Wildman–Crippen MR) is 67.7 cm³/mol. The minimum atomic E-state index is -0.545. The molecular formula is C14H15NO3. The van der Waals surface area contributed by atoms with Crippen molar-refractivity contribution in [1.29, 1.82) is 0 Å². The fourth-order valence-electron chi connectivity index (χ4n) is 1.25. The van der Waals surface area contributed by atoms with Crippen LogP contribution in [0.1, 0.15) is 29.8 Å². The molecule has 1 amide bonds. The molecular weight excluding hydrogens is 230 g/mol. The van der Waals surface area contributed by atoms with Crippen molar-refractivity contribution in [3.8, 4) is 12.3 Å². The van der Waals surface area contributed by atoms with Crippen molar-refractivity contribution >= 4 is 11.9 Å². The van der Waals surface area contributed by atoms with Crippen LogP contribution in [0.5, 0.6) is 0 Å². The third-order valence-electron chi connectivity index (χ3n) is 2.25. The van der Waals surface area contributed by atoms with Gasteiger partial charge in [-0.3, -0.25) is 4.79 Å². The van der Waals surface area contributed by atoms with Crippen LogP contribution in [-0.4, -0.2) is 18.0 Å². The number of carbonyl (C=O) groups is 2. The van der Waals surface area contributed by atoms with E-state index in [-0.39, 0.29) is 5.91 Å². The molecule has 4 nitrogen and oxygen atoms in total. The fraction of sp³-hybridized carbons (Fsp3) is 0.286. The third kappa shape index (κ3) is 4.30. The summed E-state index contributed by atoms with van der Waals surface area (Å²) in [5.41, 5.74) is 1.34. The molecule has 0 aliphatic rings. The van der Waals surface area contributed by atoms with Crippen LogP contribution in [0.15, 0.2) is 24.3 Å². The molecule has 0 fully saturated rings. The van der Waals surface area contributed by atoms with Crippen molar-refractivity contribution in [3.05, 3.63) is 35.4 Å². The standard InChI is InChI=1S/C14H15NO3/c1-4-10(2)18-14(17)13-7-5-12(6-8-13)9-15-11(3)16/h1,5-8,10H,9H2,2-3H3,(H,15,16). The zero-order valence-corrected chi connectivity index (χ0v) is 10.4. The molecule has 1 aromatic rings. The van der Waals surface area contributed by atoms with E-state index in [0.717, 1.165) is 5.56 Å². The van der Waals surface area contributed by atoms with E-state index in [1.807, 2.05) is 0 Å². The summed E-state index contributed by atoms with van der Waals surface area (Å²) in [5, 5.41) is 2.67. The zero-order chi connectivity index (χ0) is 13.5. The van der Waals surface area contributed by atoms with Crippen molar-refractivity contribution in [1.82, 2.24) is 5.32 Å². The molecule has 0 radical (unpaired) electrons. The topological polar surface area (TPSA) is 55.4 Å². The van der Waals surface area contributed by atoms with Crippen LogP contribution < -0.4 is 5.32 Å². The largest absolute Gasteiger partial charge is 0.446 e. The number of hydrogen-bond acceptors (Lipinski definition) is 3. The van der Waals surface area contributed by atoms with Gasteiger partial charge < -0.3 is 10.1 Å². The lowest BCUT2D eigenvalue weighted by molar-refractivity contribution is -0.119. The maximum Gasteiger partial charge on any atom is 0.339 e. The van der Waals surface area contributed by atoms with Crippen molar-refractivity contribution in [2.75, 3.05) is 0 Å². The van der Waals surface area contributed by atoms with Crippen LogP contribution >= 0.6 is 0 Å². The Morgan fingerprint density at radius 3 is 2.50 bits per heavy atom. The molecule has 0 bridgehead atoms. The van der Waals surface area contributed by atoms with Gasteiger partial charge in [0.25, 0.3) is 0 Å². The molecule has 0 heterocycles. The SMILES string of the molecule is C#CC(C)OC(=O)c1ccc(CNC(C)=O)cc1. The average Bonchev–Trinajstić information content (AvgIpc) is 2.36. The molecule has 0 aromatic heterocycles. The van der Waals surface area contributed by atoms with Crippen LogP contribution in [0.2, 0.25) is 0 Å². The highest BCUT2D eigenvalue weighted by atomic mass is 16.5. The van der Waals surface area contributed by atoms with Crippen LogP contribution in [0.25, 0.3) is 0 Å². The van der Waals surface area contributed by atoms with Gasteiger partial charge in [0.05, 0.1) is 5.56 Å². The van der Waals surface area contributed by atoms with Gasteiger partial charge in [0.15, 0.2) is 6.10 Å². The summed E-state index contributed by atoms with van der Waals surface area (Å²) >= 11 is 0. The summed E-state index contributed by atoms with van der Waals surface area (Å²) in [6.45, 7) is 3.52. The highest BCUT2D eigenvalue weighted by molar-refractivity contribution is 5.89. The van der Waals surface area contributed by atoms with Gasteiger partial charge in [-0.2, -0.15) is 0 Å². The van der Waals surface area contributed by atoms with Gasteiger partial charge in [0.2, 0.25) is 5.91 Å². The normalized spacial score (nSPS) is 11.2. The zero-order valence-electron chi connectivity index (χ0n) is 10.4. The number of benzene rings is 1. The van der Waals surface area contributed by atoms with Crippen LogP contribution in [0, 0.1) is 12.3 Å². The van der Waals surface area contributed by atoms with Crippen molar-refractivity contribution in [3.63, 3.8) is 0 Å². The molecule has 94 valence electrons. The number of terminal acetylenes is 1. The maximum atomic E-state index is 11.6. The summed E-state index contributed by atoms with van der Waals surface area (Å²) in [7, 11) is 0. The number of hydrogen-bond donors (Lipinski definition) is 1. The Morgan fingerprint density at radius 2 is 2.00 bits per heavy atom. The molecule has 1 N–H and O–H groups in total. The van der Waals surface area contributed by atoms with E-state index in [1.165, 1.54) is 6.92 Å². The Balaban J connectivity index is 2.62. The molecule has 0 aliphatic carbocycles. The predicted octanol–water partition coefficient (Wildman–Crippen LogP) is 1.50. The third-order valence-corrected chi connectivity index (χ3v) is 2.25. The molecule has 0 aliphatic heterocycles. The van der Waals surface area contributed by atoms with Crippen LogP contribution in [0.3, 0.4) is 0 Å². The molecule has 1 rings (SSSR count). The Bertz CT molecular complexity index is 471. The van der Waals surface area contributed by atoms with Gasteiger partial charge >= 0.3 is 5.97 Å². The molecule has 1 aromatic carbocycles. The number of rotatable bonds is 4. The van der Waals surface area contributed by atoms with E-state index in [9.17, 15) is 9.59 Å². The maximum absolute atomic E-state index is 11.6. The average molecular weight is 245 g/mol. The monoisotopic (exact) mass is 245 g/mol. The van der Waals surface area contributed by atoms with Gasteiger partial charge in [0, 0.05) is 13.5 Å². The lowest BCUT2D eigenvalue weighted by Crippen LogP contribution is -2.19. The molecule has 4 heteroatoms. The van der Waals surface area contributed by atoms with Crippen molar-refractivity contribution < 1.29 is 14.3 Å². The highest BCUT2D eigenvalue weighted by Crippen LogP contribution is 2.07. The second-order valence-electron chi connectivity index (χ2n) is 3.82. The Kier molecular flexibility index (Phi) is 4.94. The second-order valence-corrected chi connectivity index (χ2v) is 3.82. The minimum Gasteiger partial charge on any atom is -0.446 e. The lowest BCUT2D eigenvalue weighted by Gasteiger charge is -2.08. The van der Waals surface area contributed by atoms with Crippen molar-refractivity contribution in [2.24, 2.45) is 0 Å². The molecule has 1 atom stereocenters. The Morgan fingerprint density at radius 1 is 1.39 bits per heavy atom. The summed E-state index contributed by atoms with van der Waals surface area (Å²) in [5.74, 6) is 1.77. The lowest BCUT2D eigenvalue weighted by atomic mass is 10.1. The Labute approximate surface area is 106 Å². The van der Waals surface area contributed by atoms with Gasteiger partial charge in [-0.15, -0.1) is 6.42 Å². The first-order valence-electron chi connectivity index (χ1n) is 5.53. The molecule has 0 spiro atoms. The van der Waals surface area contributed by atoms with Gasteiger partial charge in [-0.1, -0.05) is 18.1 Å². The Hall–Kier alpha value is -2.28. The number of ether oxygens (including phenoxy) is 1. The minimum absolute atomic E-state index is 0.0960. The van der Waals surface area contributed by atoms with E-state index >= 15 is 0 Å². The smallest absolute Gasteiger partial charge is 0.339 e. The molecule has 1 unspecified atom stereocenters. The summed E-state index contributed by atoms with van der Waals surface area (Å²) in [6, 6.07) is 6.80. The highest BCUT2D eigenvalue weighted by Gasteiger charge is 2.09. The quantitative estimate of drug-likeness (QED) is 0.646. The number of esters is 1. The first kappa shape index (κ1) is 13.8.